The number of nitrogens with zero attached hydrogens (tertiary/aromatic N) is 1. The molecule has 1 saturated heterocycles. The third-order valence-corrected chi connectivity index (χ3v) is 4.80. The number of hydrogen-bond acceptors (Lipinski definition) is 3. The van der Waals surface area contributed by atoms with Crippen LogP contribution in [0, 0.1) is 0 Å². The fraction of sp³-hybridized carbons (Fsp3) is 0.529. The summed E-state index contributed by atoms with van der Waals surface area (Å²) in [5.74, 6) is 0. The van der Waals surface area contributed by atoms with E-state index in [2.05, 4.69) is 39.5 Å². The number of para-hydroxylation sites is 1. The standard InChI is InChI=1S/C17H23N3O/c1-2-4-15-13(3-1)14-5-7-18-16(17(14)19-15)6-8-20-9-11-21-12-10-20/h1-4,16,18-19H,5-12H2. The molecule has 2 aliphatic rings. The molecule has 2 N–H and O–H groups in total. The summed E-state index contributed by atoms with van der Waals surface area (Å²) in [6, 6.07) is 9.15. The highest BCUT2D eigenvalue weighted by atomic mass is 16.5. The van der Waals surface area contributed by atoms with Crippen LogP contribution in [0.1, 0.15) is 23.7 Å². The van der Waals surface area contributed by atoms with E-state index < -0.39 is 0 Å². The molecule has 1 aromatic carbocycles. The van der Waals surface area contributed by atoms with Crippen molar-refractivity contribution in [2.75, 3.05) is 39.4 Å². The van der Waals surface area contributed by atoms with E-state index in [1.165, 1.54) is 28.6 Å². The van der Waals surface area contributed by atoms with Crippen molar-refractivity contribution in [3.05, 3.63) is 35.5 Å². The molecule has 3 heterocycles. The van der Waals surface area contributed by atoms with Crippen molar-refractivity contribution in [1.29, 1.82) is 0 Å². The Labute approximate surface area is 125 Å². The lowest BCUT2D eigenvalue weighted by Crippen LogP contribution is -2.39. The first-order valence-electron chi connectivity index (χ1n) is 8.05. The number of H-pyrrole nitrogens is 1. The first-order valence-corrected chi connectivity index (χ1v) is 8.05. The van der Waals surface area contributed by atoms with Gasteiger partial charge in [-0.2, -0.15) is 0 Å². The largest absolute Gasteiger partial charge is 0.379 e. The van der Waals surface area contributed by atoms with Gasteiger partial charge in [-0.3, -0.25) is 4.90 Å². The van der Waals surface area contributed by atoms with Gasteiger partial charge in [0.05, 0.1) is 13.2 Å². The average molecular weight is 285 g/mol. The van der Waals surface area contributed by atoms with Crippen molar-refractivity contribution in [2.24, 2.45) is 0 Å². The lowest BCUT2D eigenvalue weighted by molar-refractivity contribution is 0.0360. The molecule has 0 saturated carbocycles. The second-order valence-corrected chi connectivity index (χ2v) is 6.06. The van der Waals surface area contributed by atoms with E-state index in [-0.39, 0.29) is 0 Å². The summed E-state index contributed by atoms with van der Waals surface area (Å²) < 4.78 is 5.42. The number of benzene rings is 1. The zero-order chi connectivity index (χ0) is 14.1. The number of aromatic amines is 1. The van der Waals surface area contributed by atoms with Gasteiger partial charge in [-0.25, -0.2) is 0 Å². The van der Waals surface area contributed by atoms with Crippen molar-refractivity contribution in [1.82, 2.24) is 15.2 Å². The third-order valence-electron chi connectivity index (χ3n) is 4.80. The van der Waals surface area contributed by atoms with Gasteiger partial charge in [-0.15, -0.1) is 0 Å². The highest BCUT2D eigenvalue weighted by Crippen LogP contribution is 2.31. The van der Waals surface area contributed by atoms with Crippen molar-refractivity contribution in [2.45, 2.75) is 18.9 Å². The lowest BCUT2D eigenvalue weighted by atomic mass is 9.97. The van der Waals surface area contributed by atoms with Crippen LogP contribution in [0.3, 0.4) is 0 Å². The molecule has 4 nitrogen and oxygen atoms in total. The van der Waals surface area contributed by atoms with Gasteiger partial charge in [0.25, 0.3) is 0 Å². The molecule has 1 fully saturated rings. The van der Waals surface area contributed by atoms with Crippen LogP contribution >= 0.6 is 0 Å². The predicted molar refractivity (Wildman–Crippen MR) is 84.6 cm³/mol. The number of aromatic nitrogens is 1. The van der Waals surface area contributed by atoms with Crippen LogP contribution in [0.25, 0.3) is 10.9 Å². The van der Waals surface area contributed by atoms with Crippen LogP contribution < -0.4 is 5.32 Å². The fourth-order valence-electron chi connectivity index (χ4n) is 3.64. The van der Waals surface area contributed by atoms with Crippen molar-refractivity contribution in [3.63, 3.8) is 0 Å². The normalized spacial score (nSPS) is 23.3. The van der Waals surface area contributed by atoms with E-state index >= 15 is 0 Å². The molecule has 1 atom stereocenters. The molecule has 2 aromatic rings. The first-order chi connectivity index (χ1) is 10.4. The maximum Gasteiger partial charge on any atom is 0.0594 e. The Bertz CT molecular complexity index is 616. The van der Waals surface area contributed by atoms with Crippen LogP contribution in [0.15, 0.2) is 24.3 Å². The van der Waals surface area contributed by atoms with Crippen molar-refractivity contribution in [3.8, 4) is 0 Å². The molecule has 112 valence electrons. The molecule has 0 radical (unpaired) electrons. The first kappa shape index (κ1) is 13.3. The van der Waals surface area contributed by atoms with Crippen molar-refractivity contribution < 1.29 is 4.74 Å². The van der Waals surface area contributed by atoms with Crippen LogP contribution in [0.4, 0.5) is 0 Å². The van der Waals surface area contributed by atoms with E-state index in [0.29, 0.717) is 6.04 Å². The number of rotatable bonds is 3. The number of nitrogens with one attached hydrogen (secondary N) is 2. The number of ether oxygens (including phenoxy) is 1. The third kappa shape index (κ3) is 2.59. The molecule has 0 bridgehead atoms. The van der Waals surface area contributed by atoms with E-state index in [4.69, 9.17) is 4.74 Å². The van der Waals surface area contributed by atoms with Gasteiger partial charge >= 0.3 is 0 Å². The summed E-state index contributed by atoms with van der Waals surface area (Å²) in [5.41, 5.74) is 4.22. The highest BCUT2D eigenvalue weighted by Gasteiger charge is 2.24. The minimum atomic E-state index is 0.462. The molecule has 0 spiro atoms. The highest BCUT2D eigenvalue weighted by molar-refractivity contribution is 5.85. The molecule has 0 aliphatic carbocycles. The summed E-state index contributed by atoms with van der Waals surface area (Å²) in [7, 11) is 0. The van der Waals surface area contributed by atoms with Gasteiger partial charge in [0.1, 0.15) is 0 Å². The lowest BCUT2D eigenvalue weighted by Gasteiger charge is -2.30. The molecule has 21 heavy (non-hydrogen) atoms. The zero-order valence-corrected chi connectivity index (χ0v) is 12.4. The Morgan fingerprint density at radius 3 is 2.95 bits per heavy atom. The summed E-state index contributed by atoms with van der Waals surface area (Å²) in [5, 5.41) is 5.09. The Morgan fingerprint density at radius 2 is 2.05 bits per heavy atom. The van der Waals surface area contributed by atoms with Gasteiger partial charge < -0.3 is 15.0 Å². The SMILES string of the molecule is c1ccc2c3c([nH]c2c1)C(CCN1CCOCC1)NCC3. The zero-order valence-electron chi connectivity index (χ0n) is 12.4. The van der Waals surface area contributed by atoms with Gasteiger partial charge in [-0.1, -0.05) is 18.2 Å². The molecule has 2 aliphatic heterocycles. The van der Waals surface area contributed by atoms with Crippen LogP contribution in [0.5, 0.6) is 0 Å². The maximum atomic E-state index is 5.42. The monoisotopic (exact) mass is 285 g/mol. The Balaban J connectivity index is 1.52. The van der Waals surface area contributed by atoms with E-state index in [9.17, 15) is 0 Å². The van der Waals surface area contributed by atoms with Gasteiger partial charge in [0.2, 0.25) is 0 Å². The van der Waals surface area contributed by atoms with Gasteiger partial charge in [0, 0.05) is 42.3 Å². The molecule has 4 heteroatoms. The topological polar surface area (TPSA) is 40.3 Å². The number of morpholine rings is 1. The van der Waals surface area contributed by atoms with Crippen LogP contribution in [-0.2, 0) is 11.2 Å². The minimum Gasteiger partial charge on any atom is -0.379 e. The molecular formula is C17H23N3O. The molecule has 4 rings (SSSR count). The van der Waals surface area contributed by atoms with E-state index in [0.717, 1.165) is 45.8 Å². The summed E-state index contributed by atoms with van der Waals surface area (Å²) >= 11 is 0. The van der Waals surface area contributed by atoms with Gasteiger partial charge in [0.15, 0.2) is 0 Å². The summed E-state index contributed by atoms with van der Waals surface area (Å²) in [6.45, 7) is 6.16. The summed E-state index contributed by atoms with van der Waals surface area (Å²) in [4.78, 5) is 6.16. The van der Waals surface area contributed by atoms with Crippen molar-refractivity contribution >= 4 is 10.9 Å². The molecule has 0 amide bonds. The van der Waals surface area contributed by atoms with Crippen LogP contribution in [-0.4, -0.2) is 49.3 Å². The van der Waals surface area contributed by atoms with E-state index in [1.807, 2.05) is 0 Å². The Morgan fingerprint density at radius 1 is 1.19 bits per heavy atom. The molecule has 1 unspecified atom stereocenters. The molecule has 1 aromatic heterocycles. The minimum absolute atomic E-state index is 0.462. The predicted octanol–water partition coefficient (Wildman–Crippen LogP) is 2.08. The Hall–Kier alpha value is -1.36. The smallest absolute Gasteiger partial charge is 0.0594 e. The second-order valence-electron chi connectivity index (χ2n) is 6.06. The second kappa shape index (κ2) is 5.79. The summed E-state index contributed by atoms with van der Waals surface area (Å²) in [6.07, 6.45) is 2.30. The van der Waals surface area contributed by atoms with Gasteiger partial charge in [-0.05, 0) is 31.0 Å². The average Bonchev–Trinajstić information content (AvgIpc) is 2.93. The van der Waals surface area contributed by atoms with Crippen LogP contribution in [0.2, 0.25) is 0 Å². The quantitative estimate of drug-likeness (QED) is 0.907. The number of fused-ring (bicyclic) bond motifs is 3. The fourth-order valence-corrected chi connectivity index (χ4v) is 3.64. The molecular weight excluding hydrogens is 262 g/mol. The maximum absolute atomic E-state index is 5.42. The Kier molecular flexibility index (Phi) is 3.67. The number of hydrogen-bond donors (Lipinski definition) is 2. The van der Waals surface area contributed by atoms with E-state index in [1.54, 1.807) is 0 Å².